The van der Waals surface area contributed by atoms with Gasteiger partial charge in [0.2, 0.25) is 10.0 Å². The first-order valence-corrected chi connectivity index (χ1v) is 6.10. The predicted molar refractivity (Wildman–Crippen MR) is 52.8 cm³/mol. The van der Waals surface area contributed by atoms with E-state index in [2.05, 4.69) is 0 Å². The van der Waals surface area contributed by atoms with E-state index in [0.29, 0.717) is 0 Å². The van der Waals surface area contributed by atoms with Gasteiger partial charge in [0.25, 0.3) is 0 Å². The van der Waals surface area contributed by atoms with Gasteiger partial charge in [0.05, 0.1) is 0 Å². The molecule has 0 aromatic heterocycles. The van der Waals surface area contributed by atoms with Gasteiger partial charge in [-0.3, -0.25) is 0 Å². The van der Waals surface area contributed by atoms with Crippen LogP contribution in [0.1, 0.15) is 5.56 Å². The van der Waals surface area contributed by atoms with Crippen LogP contribution in [-0.4, -0.2) is 13.6 Å². The minimum atomic E-state index is -3.62. The number of rotatable bonds is 4. The van der Waals surface area contributed by atoms with Crippen molar-refractivity contribution in [1.29, 1.82) is 0 Å². The molecule has 1 N–H and O–H groups in total. The van der Waals surface area contributed by atoms with Crippen LogP contribution in [0.15, 0.2) is 18.2 Å². The fourth-order valence-electron chi connectivity index (χ4n) is 0.905. The van der Waals surface area contributed by atoms with Gasteiger partial charge in [-0.2, -0.15) is 0 Å². The van der Waals surface area contributed by atoms with Crippen LogP contribution < -0.4 is 4.72 Å². The molecule has 0 fully saturated rings. The second kappa shape index (κ2) is 4.87. The number of nitrogens with one attached hydrogen (secondary N) is 1. The third-order valence-electron chi connectivity index (χ3n) is 1.63. The third kappa shape index (κ3) is 3.73. The third-order valence-corrected chi connectivity index (χ3v) is 3.37. The lowest BCUT2D eigenvalue weighted by molar-refractivity contribution is 0.569. The number of halogens is 3. The van der Waals surface area contributed by atoms with E-state index in [1.165, 1.54) is 0 Å². The summed E-state index contributed by atoms with van der Waals surface area (Å²) in [7, 11) is -3.62. The fourth-order valence-corrected chi connectivity index (χ4v) is 1.59. The Morgan fingerprint density at radius 1 is 1.33 bits per heavy atom. The number of alkyl halides is 1. The summed E-state index contributed by atoms with van der Waals surface area (Å²) >= 11 is 5.11. The summed E-state index contributed by atoms with van der Waals surface area (Å²) in [5, 5.41) is -0.621. The molecule has 1 rings (SSSR count). The Morgan fingerprint density at radius 2 is 2.00 bits per heavy atom. The maximum absolute atomic E-state index is 13.0. The second-order valence-corrected chi connectivity index (χ2v) is 5.17. The highest BCUT2D eigenvalue weighted by molar-refractivity contribution is 7.90. The van der Waals surface area contributed by atoms with E-state index in [1.807, 2.05) is 4.72 Å². The van der Waals surface area contributed by atoms with E-state index >= 15 is 0 Å². The quantitative estimate of drug-likeness (QED) is 0.831. The number of sulfonamides is 1. The van der Waals surface area contributed by atoms with Gasteiger partial charge in [0.1, 0.15) is 16.8 Å². The minimum Gasteiger partial charge on any atom is -0.211 e. The van der Waals surface area contributed by atoms with Crippen molar-refractivity contribution in [3.63, 3.8) is 0 Å². The molecule has 0 saturated carbocycles. The number of hydrogen-bond acceptors (Lipinski definition) is 2. The van der Waals surface area contributed by atoms with Crippen molar-refractivity contribution >= 4 is 21.6 Å². The molecular weight excluding hydrogens is 248 g/mol. The maximum Gasteiger partial charge on any atom is 0.225 e. The summed E-state index contributed by atoms with van der Waals surface area (Å²) in [5.74, 6) is -1.30. The summed E-state index contributed by atoms with van der Waals surface area (Å²) in [6.45, 7) is -0.321. The average molecular weight is 256 g/mol. The molecule has 0 spiro atoms. The zero-order chi connectivity index (χ0) is 11.5. The van der Waals surface area contributed by atoms with Crippen LogP contribution in [0.2, 0.25) is 0 Å². The molecule has 1 aromatic rings. The highest BCUT2D eigenvalue weighted by Gasteiger charge is 2.10. The monoisotopic (exact) mass is 255 g/mol. The van der Waals surface area contributed by atoms with Crippen molar-refractivity contribution in [2.45, 2.75) is 6.54 Å². The van der Waals surface area contributed by atoms with Crippen LogP contribution in [-0.2, 0) is 16.6 Å². The van der Waals surface area contributed by atoms with Gasteiger partial charge in [-0.1, -0.05) is 0 Å². The van der Waals surface area contributed by atoms with E-state index in [-0.39, 0.29) is 12.1 Å². The topological polar surface area (TPSA) is 46.2 Å². The van der Waals surface area contributed by atoms with Crippen LogP contribution in [0.5, 0.6) is 0 Å². The van der Waals surface area contributed by atoms with Crippen molar-refractivity contribution in [1.82, 2.24) is 4.72 Å². The van der Waals surface area contributed by atoms with Crippen LogP contribution in [0, 0.1) is 11.6 Å². The van der Waals surface area contributed by atoms with Gasteiger partial charge < -0.3 is 0 Å². The van der Waals surface area contributed by atoms with Gasteiger partial charge in [-0.15, -0.1) is 11.6 Å². The Balaban J connectivity index is 2.78. The molecule has 0 aliphatic heterocycles. The summed E-state index contributed by atoms with van der Waals surface area (Å²) in [4.78, 5) is 0. The molecule has 84 valence electrons. The molecule has 0 radical (unpaired) electrons. The Kier molecular flexibility index (Phi) is 4.01. The minimum absolute atomic E-state index is 0.0660. The van der Waals surface area contributed by atoms with Gasteiger partial charge in [-0.25, -0.2) is 21.9 Å². The molecule has 0 saturated heterocycles. The zero-order valence-corrected chi connectivity index (χ0v) is 9.08. The van der Waals surface area contributed by atoms with Gasteiger partial charge >= 0.3 is 0 Å². The summed E-state index contributed by atoms with van der Waals surface area (Å²) in [5.41, 5.74) is -0.0660. The van der Waals surface area contributed by atoms with E-state index < -0.39 is 26.9 Å². The Labute approximate surface area is 91.1 Å². The normalized spacial score (nSPS) is 11.7. The molecule has 0 atom stereocenters. The number of benzene rings is 1. The Bertz CT molecular complexity index is 450. The van der Waals surface area contributed by atoms with Gasteiger partial charge in [0.15, 0.2) is 0 Å². The first-order chi connectivity index (χ1) is 6.94. The lowest BCUT2D eigenvalue weighted by Gasteiger charge is -2.04. The lowest BCUT2D eigenvalue weighted by atomic mass is 10.2. The molecule has 0 amide bonds. The molecular formula is C8H8ClF2NO2S. The molecule has 3 nitrogen and oxygen atoms in total. The van der Waals surface area contributed by atoms with E-state index in [0.717, 1.165) is 18.2 Å². The van der Waals surface area contributed by atoms with Gasteiger partial charge in [0, 0.05) is 12.1 Å². The van der Waals surface area contributed by atoms with Crippen LogP contribution in [0.3, 0.4) is 0 Å². The standard InChI is InChI=1S/C8H8ClF2NO2S/c9-5-15(13,14)12-4-6-3-7(10)1-2-8(6)11/h1-3,12H,4-5H2. The van der Waals surface area contributed by atoms with Gasteiger partial charge in [-0.05, 0) is 18.2 Å². The first-order valence-electron chi connectivity index (χ1n) is 3.92. The Morgan fingerprint density at radius 3 is 2.60 bits per heavy atom. The molecule has 0 unspecified atom stereocenters. The first kappa shape index (κ1) is 12.4. The molecule has 7 heteroatoms. The van der Waals surface area contributed by atoms with E-state index in [1.54, 1.807) is 0 Å². The SMILES string of the molecule is O=S(=O)(CCl)NCc1cc(F)ccc1F. The lowest BCUT2D eigenvalue weighted by Crippen LogP contribution is -2.24. The fraction of sp³-hybridized carbons (Fsp3) is 0.250. The van der Waals surface area contributed by atoms with Crippen molar-refractivity contribution < 1.29 is 17.2 Å². The highest BCUT2D eigenvalue weighted by Crippen LogP contribution is 2.09. The van der Waals surface area contributed by atoms with E-state index in [9.17, 15) is 17.2 Å². The smallest absolute Gasteiger partial charge is 0.211 e. The van der Waals surface area contributed by atoms with E-state index in [4.69, 9.17) is 11.6 Å². The molecule has 15 heavy (non-hydrogen) atoms. The second-order valence-electron chi connectivity index (χ2n) is 2.78. The molecule has 0 aliphatic carbocycles. The average Bonchev–Trinajstić information content (AvgIpc) is 2.20. The van der Waals surface area contributed by atoms with Crippen molar-refractivity contribution in [3.8, 4) is 0 Å². The summed E-state index contributed by atoms with van der Waals surface area (Å²) < 4.78 is 49.5. The zero-order valence-electron chi connectivity index (χ0n) is 7.50. The van der Waals surface area contributed by atoms with Crippen molar-refractivity contribution in [2.24, 2.45) is 0 Å². The molecule has 0 heterocycles. The molecule has 0 aliphatic rings. The molecule has 1 aromatic carbocycles. The largest absolute Gasteiger partial charge is 0.225 e. The van der Waals surface area contributed by atoms with Crippen molar-refractivity contribution in [2.75, 3.05) is 5.21 Å². The summed E-state index contributed by atoms with van der Waals surface area (Å²) in [6, 6.07) is 2.81. The van der Waals surface area contributed by atoms with Crippen molar-refractivity contribution in [3.05, 3.63) is 35.4 Å². The van der Waals surface area contributed by atoms with Crippen LogP contribution >= 0.6 is 11.6 Å². The molecule has 0 bridgehead atoms. The highest BCUT2D eigenvalue weighted by atomic mass is 35.5. The number of hydrogen-bond donors (Lipinski definition) is 1. The maximum atomic E-state index is 13.0. The predicted octanol–water partition coefficient (Wildman–Crippen LogP) is 1.58. The van der Waals surface area contributed by atoms with Crippen LogP contribution in [0.4, 0.5) is 8.78 Å². The summed E-state index contributed by atoms with van der Waals surface area (Å²) in [6.07, 6.45) is 0. The van der Waals surface area contributed by atoms with Crippen LogP contribution in [0.25, 0.3) is 0 Å². The Hall–Kier alpha value is -0.720.